The summed E-state index contributed by atoms with van der Waals surface area (Å²) in [6.45, 7) is 1.58. The number of nitrogens with zero attached hydrogens (tertiary/aromatic N) is 5. The standard InChI is InChI=1S/C16H21N5O2/c1-19(2)16-14(5-3-7-17-16)23-13-6-10-20(11-13)15(22)12-21-9-4-8-18-21/h3-5,7-9,13H,6,10-12H2,1-2H3. The smallest absolute Gasteiger partial charge is 0.244 e. The molecule has 3 rings (SSSR count). The molecule has 1 aliphatic rings. The average molecular weight is 315 g/mol. The summed E-state index contributed by atoms with van der Waals surface area (Å²) >= 11 is 0. The summed E-state index contributed by atoms with van der Waals surface area (Å²) in [7, 11) is 3.87. The van der Waals surface area contributed by atoms with Gasteiger partial charge in [0.2, 0.25) is 5.91 Å². The minimum absolute atomic E-state index is 0.000489. The number of likely N-dealkylation sites (tertiary alicyclic amines) is 1. The van der Waals surface area contributed by atoms with Gasteiger partial charge < -0.3 is 14.5 Å². The van der Waals surface area contributed by atoms with Gasteiger partial charge >= 0.3 is 0 Å². The zero-order valence-corrected chi connectivity index (χ0v) is 13.4. The molecule has 0 spiro atoms. The summed E-state index contributed by atoms with van der Waals surface area (Å²) in [6, 6.07) is 5.59. The third-order valence-corrected chi connectivity index (χ3v) is 3.82. The lowest BCUT2D eigenvalue weighted by atomic mass is 10.3. The van der Waals surface area contributed by atoms with Gasteiger partial charge in [0, 0.05) is 45.7 Å². The Morgan fingerprint density at radius 2 is 2.26 bits per heavy atom. The molecule has 7 nitrogen and oxygen atoms in total. The molecule has 1 unspecified atom stereocenters. The van der Waals surface area contributed by atoms with Crippen LogP contribution in [0.5, 0.6) is 5.75 Å². The molecule has 0 aliphatic carbocycles. The molecule has 2 aromatic heterocycles. The summed E-state index contributed by atoms with van der Waals surface area (Å²) in [5.74, 6) is 1.62. The average Bonchev–Trinajstić information content (AvgIpc) is 3.19. The zero-order chi connectivity index (χ0) is 16.2. The number of ether oxygens (including phenoxy) is 1. The van der Waals surface area contributed by atoms with E-state index >= 15 is 0 Å². The van der Waals surface area contributed by atoms with Gasteiger partial charge in [-0.2, -0.15) is 5.10 Å². The van der Waals surface area contributed by atoms with E-state index in [-0.39, 0.29) is 18.6 Å². The number of rotatable bonds is 5. The quantitative estimate of drug-likeness (QED) is 0.824. The van der Waals surface area contributed by atoms with E-state index in [1.165, 1.54) is 0 Å². The van der Waals surface area contributed by atoms with Crippen LogP contribution in [0, 0.1) is 0 Å². The first-order valence-electron chi connectivity index (χ1n) is 7.67. The monoisotopic (exact) mass is 315 g/mol. The molecular formula is C16H21N5O2. The molecule has 3 heterocycles. The highest BCUT2D eigenvalue weighted by atomic mass is 16.5. The zero-order valence-electron chi connectivity index (χ0n) is 13.4. The first kappa shape index (κ1) is 15.3. The molecule has 1 atom stereocenters. The molecule has 0 saturated carbocycles. The Kier molecular flexibility index (Phi) is 4.45. The van der Waals surface area contributed by atoms with Gasteiger partial charge in [-0.1, -0.05) is 0 Å². The minimum Gasteiger partial charge on any atom is -0.485 e. The van der Waals surface area contributed by atoms with Crippen molar-refractivity contribution in [1.82, 2.24) is 19.7 Å². The van der Waals surface area contributed by atoms with Crippen LogP contribution in [0.4, 0.5) is 5.82 Å². The second-order valence-electron chi connectivity index (χ2n) is 5.79. The van der Waals surface area contributed by atoms with Gasteiger partial charge in [0.25, 0.3) is 0 Å². The molecular weight excluding hydrogens is 294 g/mol. The molecule has 2 aromatic rings. The van der Waals surface area contributed by atoms with Crippen LogP contribution >= 0.6 is 0 Å². The van der Waals surface area contributed by atoms with Crippen molar-refractivity contribution in [1.29, 1.82) is 0 Å². The number of carbonyl (C=O) groups excluding carboxylic acids is 1. The first-order chi connectivity index (χ1) is 11.1. The Labute approximate surface area is 135 Å². The molecule has 23 heavy (non-hydrogen) atoms. The Morgan fingerprint density at radius 3 is 3.00 bits per heavy atom. The fourth-order valence-electron chi connectivity index (χ4n) is 2.67. The fourth-order valence-corrected chi connectivity index (χ4v) is 2.67. The largest absolute Gasteiger partial charge is 0.485 e. The van der Waals surface area contributed by atoms with Crippen LogP contribution in [-0.2, 0) is 11.3 Å². The first-order valence-corrected chi connectivity index (χ1v) is 7.67. The van der Waals surface area contributed by atoms with Gasteiger partial charge in [0.05, 0.1) is 6.54 Å². The van der Waals surface area contributed by atoms with Crippen molar-refractivity contribution in [3.63, 3.8) is 0 Å². The highest BCUT2D eigenvalue weighted by Gasteiger charge is 2.28. The van der Waals surface area contributed by atoms with Crippen molar-refractivity contribution in [3.05, 3.63) is 36.8 Å². The molecule has 1 amide bonds. The van der Waals surface area contributed by atoms with E-state index in [2.05, 4.69) is 10.1 Å². The van der Waals surface area contributed by atoms with Crippen LogP contribution in [0.1, 0.15) is 6.42 Å². The highest BCUT2D eigenvalue weighted by Crippen LogP contribution is 2.26. The lowest BCUT2D eigenvalue weighted by molar-refractivity contribution is -0.131. The van der Waals surface area contributed by atoms with Crippen molar-refractivity contribution >= 4 is 11.7 Å². The van der Waals surface area contributed by atoms with Crippen molar-refractivity contribution < 1.29 is 9.53 Å². The molecule has 1 aliphatic heterocycles. The van der Waals surface area contributed by atoms with Gasteiger partial charge in [-0.25, -0.2) is 4.98 Å². The SMILES string of the molecule is CN(C)c1ncccc1OC1CCN(C(=O)Cn2cccn2)C1. The third kappa shape index (κ3) is 3.61. The van der Waals surface area contributed by atoms with Crippen LogP contribution in [0.25, 0.3) is 0 Å². The number of hydrogen-bond acceptors (Lipinski definition) is 5. The van der Waals surface area contributed by atoms with E-state index in [0.717, 1.165) is 18.0 Å². The van der Waals surface area contributed by atoms with Gasteiger partial charge in [-0.3, -0.25) is 9.48 Å². The fraction of sp³-hybridized carbons (Fsp3) is 0.438. The maximum atomic E-state index is 12.3. The summed E-state index contributed by atoms with van der Waals surface area (Å²) in [6.07, 6.45) is 6.04. The van der Waals surface area contributed by atoms with Crippen LogP contribution in [-0.4, -0.2) is 58.9 Å². The van der Waals surface area contributed by atoms with E-state index in [9.17, 15) is 4.79 Å². The van der Waals surface area contributed by atoms with Gasteiger partial charge in [-0.05, 0) is 18.2 Å². The topological polar surface area (TPSA) is 63.5 Å². The molecule has 0 bridgehead atoms. The van der Waals surface area contributed by atoms with Crippen molar-refractivity contribution in [2.24, 2.45) is 0 Å². The van der Waals surface area contributed by atoms with E-state index in [0.29, 0.717) is 13.1 Å². The van der Waals surface area contributed by atoms with Gasteiger partial charge in [0.15, 0.2) is 11.6 Å². The number of aromatic nitrogens is 3. The highest BCUT2D eigenvalue weighted by molar-refractivity contribution is 5.76. The maximum absolute atomic E-state index is 12.3. The van der Waals surface area contributed by atoms with Gasteiger partial charge in [-0.15, -0.1) is 0 Å². The summed E-state index contributed by atoms with van der Waals surface area (Å²) in [4.78, 5) is 20.4. The summed E-state index contributed by atoms with van der Waals surface area (Å²) < 4.78 is 7.70. The molecule has 0 radical (unpaired) electrons. The molecule has 7 heteroatoms. The number of carbonyl (C=O) groups is 1. The second-order valence-corrected chi connectivity index (χ2v) is 5.79. The Bertz CT molecular complexity index is 656. The summed E-state index contributed by atoms with van der Waals surface area (Å²) in [5, 5.41) is 4.07. The van der Waals surface area contributed by atoms with E-state index in [1.807, 2.05) is 42.1 Å². The number of amides is 1. The van der Waals surface area contributed by atoms with Crippen LogP contribution < -0.4 is 9.64 Å². The molecule has 1 fully saturated rings. The maximum Gasteiger partial charge on any atom is 0.244 e. The van der Waals surface area contributed by atoms with E-state index in [1.54, 1.807) is 23.3 Å². The Balaban J connectivity index is 1.59. The molecule has 0 N–H and O–H groups in total. The van der Waals surface area contributed by atoms with Crippen LogP contribution in [0.15, 0.2) is 36.8 Å². The second kappa shape index (κ2) is 6.68. The normalized spacial score (nSPS) is 17.3. The van der Waals surface area contributed by atoms with E-state index < -0.39 is 0 Å². The number of hydrogen-bond donors (Lipinski definition) is 0. The van der Waals surface area contributed by atoms with Crippen LogP contribution in [0.3, 0.4) is 0 Å². The Hall–Kier alpha value is -2.57. The van der Waals surface area contributed by atoms with Crippen molar-refractivity contribution in [2.75, 3.05) is 32.1 Å². The molecule has 122 valence electrons. The molecule has 0 aromatic carbocycles. The van der Waals surface area contributed by atoms with E-state index in [4.69, 9.17) is 4.74 Å². The van der Waals surface area contributed by atoms with Crippen molar-refractivity contribution in [2.45, 2.75) is 19.1 Å². The number of pyridine rings is 1. The predicted octanol–water partition coefficient (Wildman–Crippen LogP) is 1.02. The van der Waals surface area contributed by atoms with Gasteiger partial charge in [0.1, 0.15) is 12.6 Å². The Morgan fingerprint density at radius 1 is 1.39 bits per heavy atom. The lowest BCUT2D eigenvalue weighted by Gasteiger charge is -2.20. The van der Waals surface area contributed by atoms with Crippen LogP contribution in [0.2, 0.25) is 0 Å². The molecule has 1 saturated heterocycles. The predicted molar refractivity (Wildman–Crippen MR) is 86.4 cm³/mol. The lowest BCUT2D eigenvalue weighted by Crippen LogP contribution is -2.33. The number of anilines is 1. The summed E-state index contributed by atoms with van der Waals surface area (Å²) in [5.41, 5.74) is 0. The third-order valence-electron chi connectivity index (χ3n) is 3.82. The minimum atomic E-state index is -0.000489. The van der Waals surface area contributed by atoms with Crippen molar-refractivity contribution in [3.8, 4) is 5.75 Å².